The summed E-state index contributed by atoms with van der Waals surface area (Å²) >= 11 is 0. The lowest BCUT2D eigenvalue weighted by Gasteiger charge is -2.15. The van der Waals surface area contributed by atoms with Crippen molar-refractivity contribution in [2.45, 2.75) is 13.0 Å². The van der Waals surface area contributed by atoms with E-state index in [0.29, 0.717) is 31.0 Å². The number of benzene rings is 2. The summed E-state index contributed by atoms with van der Waals surface area (Å²) in [5.74, 6) is 0.917. The second-order valence-electron chi connectivity index (χ2n) is 6.25. The minimum Gasteiger partial charge on any atom is -0.493 e. The van der Waals surface area contributed by atoms with Gasteiger partial charge in [-0.3, -0.25) is 4.79 Å². The molecule has 0 saturated heterocycles. The van der Waals surface area contributed by atoms with E-state index in [4.69, 9.17) is 9.47 Å². The highest BCUT2D eigenvalue weighted by Crippen LogP contribution is 2.27. The Morgan fingerprint density at radius 1 is 1.11 bits per heavy atom. The number of rotatable bonds is 9. The van der Waals surface area contributed by atoms with E-state index in [1.807, 2.05) is 66.5 Å². The van der Waals surface area contributed by atoms with Gasteiger partial charge in [0.1, 0.15) is 11.6 Å². The first kappa shape index (κ1) is 20.8. The van der Waals surface area contributed by atoms with Gasteiger partial charge in [-0.1, -0.05) is 36.4 Å². The monoisotopic (exact) mass is 379 g/mol. The van der Waals surface area contributed by atoms with Crippen LogP contribution in [0.1, 0.15) is 11.1 Å². The number of carbonyl (C=O) groups is 1. The van der Waals surface area contributed by atoms with Crippen LogP contribution in [0.5, 0.6) is 11.5 Å². The fourth-order valence-electron chi connectivity index (χ4n) is 2.73. The van der Waals surface area contributed by atoms with Crippen LogP contribution >= 0.6 is 0 Å². The highest BCUT2D eigenvalue weighted by molar-refractivity contribution is 5.97. The summed E-state index contributed by atoms with van der Waals surface area (Å²) in [6.07, 6.45) is 2.18. The molecule has 2 aromatic carbocycles. The van der Waals surface area contributed by atoms with Crippen LogP contribution in [0, 0.1) is 11.3 Å². The molecule has 2 aromatic rings. The zero-order chi connectivity index (χ0) is 20.4. The first-order valence-corrected chi connectivity index (χ1v) is 8.92. The summed E-state index contributed by atoms with van der Waals surface area (Å²) in [4.78, 5) is 14.1. The molecule has 1 N–H and O–H groups in total. The second-order valence-corrected chi connectivity index (χ2v) is 6.25. The Hall–Kier alpha value is -3.46. The minimum atomic E-state index is -0.386. The molecule has 6 heteroatoms. The van der Waals surface area contributed by atoms with E-state index in [1.54, 1.807) is 20.4 Å². The van der Waals surface area contributed by atoms with Crippen molar-refractivity contribution < 1.29 is 14.3 Å². The maximum atomic E-state index is 12.3. The number of nitrogens with zero attached hydrogens (tertiary/aromatic N) is 2. The minimum absolute atomic E-state index is 0.0748. The molecule has 0 aromatic heterocycles. The van der Waals surface area contributed by atoms with Crippen LogP contribution in [0.25, 0.3) is 0 Å². The van der Waals surface area contributed by atoms with E-state index in [2.05, 4.69) is 5.32 Å². The predicted octanol–water partition coefficient (Wildman–Crippen LogP) is 2.90. The average molecular weight is 379 g/mol. The molecule has 0 fully saturated rings. The van der Waals surface area contributed by atoms with Crippen molar-refractivity contribution in [3.8, 4) is 17.6 Å². The van der Waals surface area contributed by atoms with Gasteiger partial charge in [0.15, 0.2) is 11.5 Å². The normalized spacial score (nSPS) is 10.7. The van der Waals surface area contributed by atoms with Crippen molar-refractivity contribution >= 4 is 5.91 Å². The molecule has 0 saturated carbocycles. The third-order valence-electron chi connectivity index (χ3n) is 4.14. The topological polar surface area (TPSA) is 74.6 Å². The predicted molar refractivity (Wildman–Crippen MR) is 108 cm³/mol. The van der Waals surface area contributed by atoms with Crippen LogP contribution in [0.2, 0.25) is 0 Å². The summed E-state index contributed by atoms with van der Waals surface area (Å²) in [5.41, 5.74) is 2.18. The molecule has 1 amide bonds. The Balaban J connectivity index is 1.90. The maximum absolute atomic E-state index is 12.3. The quantitative estimate of drug-likeness (QED) is 0.536. The standard InChI is InChI=1S/C22H25N3O3/c1-25(15-18-7-5-4-6-8-18)16-19(14-23)22(26)24-12-11-17-9-10-20(27-2)21(13-17)28-3/h4-10,13,16H,11-12,15H2,1-3H3,(H,24,26)/b19-16-. The number of nitrogens with one attached hydrogen (secondary N) is 1. The highest BCUT2D eigenvalue weighted by Gasteiger charge is 2.10. The van der Waals surface area contributed by atoms with Crippen molar-refractivity contribution in [2.75, 3.05) is 27.8 Å². The molecule has 0 aliphatic rings. The van der Waals surface area contributed by atoms with Gasteiger partial charge in [0, 0.05) is 26.3 Å². The van der Waals surface area contributed by atoms with Crippen LogP contribution in [0.15, 0.2) is 60.3 Å². The molecule has 0 spiro atoms. The molecule has 2 rings (SSSR count). The molecule has 28 heavy (non-hydrogen) atoms. The fraction of sp³-hybridized carbons (Fsp3) is 0.273. The van der Waals surface area contributed by atoms with E-state index in [0.717, 1.165) is 11.1 Å². The van der Waals surface area contributed by atoms with Crippen molar-refractivity contribution in [1.82, 2.24) is 10.2 Å². The zero-order valence-corrected chi connectivity index (χ0v) is 16.4. The largest absolute Gasteiger partial charge is 0.493 e. The number of carbonyl (C=O) groups excluding carboxylic acids is 1. The lowest BCUT2D eigenvalue weighted by molar-refractivity contribution is -0.117. The van der Waals surface area contributed by atoms with Crippen LogP contribution in [-0.2, 0) is 17.8 Å². The summed E-state index contributed by atoms with van der Waals surface area (Å²) in [7, 11) is 5.00. The molecular formula is C22H25N3O3. The van der Waals surface area contributed by atoms with Crippen molar-refractivity contribution in [3.05, 3.63) is 71.4 Å². The van der Waals surface area contributed by atoms with Gasteiger partial charge in [0.25, 0.3) is 5.91 Å². The number of amides is 1. The van der Waals surface area contributed by atoms with Crippen LogP contribution < -0.4 is 14.8 Å². The van der Waals surface area contributed by atoms with Crippen LogP contribution in [0.4, 0.5) is 0 Å². The fourth-order valence-corrected chi connectivity index (χ4v) is 2.73. The van der Waals surface area contributed by atoms with Crippen molar-refractivity contribution in [3.63, 3.8) is 0 Å². The first-order valence-electron chi connectivity index (χ1n) is 8.92. The Morgan fingerprint density at radius 3 is 2.46 bits per heavy atom. The Bertz CT molecular complexity index is 857. The molecule has 0 aliphatic carbocycles. The Morgan fingerprint density at radius 2 is 1.82 bits per heavy atom. The van der Waals surface area contributed by atoms with Crippen LogP contribution in [-0.4, -0.2) is 38.6 Å². The molecular weight excluding hydrogens is 354 g/mol. The van der Waals surface area contributed by atoms with Gasteiger partial charge >= 0.3 is 0 Å². The molecule has 0 radical (unpaired) electrons. The number of ether oxygens (including phenoxy) is 2. The Labute approximate surface area is 166 Å². The zero-order valence-electron chi connectivity index (χ0n) is 16.4. The summed E-state index contributed by atoms with van der Waals surface area (Å²) in [6.45, 7) is 1.03. The second kappa shape index (κ2) is 10.6. The van der Waals surface area contributed by atoms with Gasteiger partial charge in [-0.2, -0.15) is 5.26 Å². The van der Waals surface area contributed by atoms with Gasteiger partial charge in [-0.25, -0.2) is 0 Å². The third-order valence-corrected chi connectivity index (χ3v) is 4.14. The van der Waals surface area contributed by atoms with Crippen molar-refractivity contribution in [1.29, 1.82) is 5.26 Å². The van der Waals surface area contributed by atoms with E-state index in [1.165, 1.54) is 0 Å². The number of methoxy groups -OCH3 is 2. The summed E-state index contributed by atoms with van der Waals surface area (Å²) in [5, 5.41) is 12.1. The molecule has 0 aliphatic heterocycles. The molecule has 0 heterocycles. The third kappa shape index (κ3) is 6.06. The summed E-state index contributed by atoms with van der Waals surface area (Å²) < 4.78 is 10.5. The Kier molecular flexibility index (Phi) is 7.92. The van der Waals surface area contributed by atoms with Crippen LogP contribution in [0.3, 0.4) is 0 Å². The van der Waals surface area contributed by atoms with Crippen molar-refractivity contribution in [2.24, 2.45) is 0 Å². The number of hydrogen-bond acceptors (Lipinski definition) is 5. The lowest BCUT2D eigenvalue weighted by Crippen LogP contribution is -2.28. The maximum Gasteiger partial charge on any atom is 0.263 e. The SMILES string of the molecule is COc1ccc(CCNC(=O)/C(C#N)=C\N(C)Cc2ccccc2)cc1OC. The number of nitriles is 1. The number of hydrogen-bond donors (Lipinski definition) is 1. The molecule has 0 bridgehead atoms. The molecule has 0 atom stereocenters. The van der Waals surface area contributed by atoms with Gasteiger partial charge in [0.2, 0.25) is 0 Å². The highest BCUT2D eigenvalue weighted by atomic mass is 16.5. The van der Waals surface area contributed by atoms with E-state index < -0.39 is 0 Å². The lowest BCUT2D eigenvalue weighted by atomic mass is 10.1. The summed E-state index contributed by atoms with van der Waals surface area (Å²) in [6, 6.07) is 17.5. The van der Waals surface area contributed by atoms with Gasteiger partial charge in [-0.15, -0.1) is 0 Å². The van der Waals surface area contributed by atoms with E-state index >= 15 is 0 Å². The first-order chi connectivity index (χ1) is 13.6. The average Bonchev–Trinajstić information content (AvgIpc) is 2.72. The van der Waals surface area contributed by atoms with E-state index in [-0.39, 0.29) is 11.5 Å². The van der Waals surface area contributed by atoms with E-state index in [9.17, 15) is 10.1 Å². The van der Waals surface area contributed by atoms with Gasteiger partial charge in [0.05, 0.1) is 14.2 Å². The molecule has 0 unspecified atom stereocenters. The van der Waals surface area contributed by atoms with Gasteiger partial charge in [-0.05, 0) is 29.7 Å². The molecule has 6 nitrogen and oxygen atoms in total. The smallest absolute Gasteiger partial charge is 0.263 e. The molecule has 146 valence electrons. The van der Waals surface area contributed by atoms with Gasteiger partial charge < -0.3 is 19.7 Å².